The average molecular weight is 673 g/mol. The first-order valence-electron chi connectivity index (χ1n) is 16.9. The number of urea groups is 1. The summed E-state index contributed by atoms with van der Waals surface area (Å²) in [4.78, 5) is 12.0. The van der Waals surface area contributed by atoms with Gasteiger partial charge in [-0.3, -0.25) is 0 Å². The zero-order valence-corrected chi connectivity index (χ0v) is 28.4. The summed E-state index contributed by atoms with van der Waals surface area (Å²) >= 11 is 0. The van der Waals surface area contributed by atoms with Gasteiger partial charge in [-0.1, -0.05) is 47.1 Å². The van der Waals surface area contributed by atoms with Crippen LogP contribution in [0.25, 0.3) is 0 Å². The summed E-state index contributed by atoms with van der Waals surface area (Å²) in [6, 6.07) is 2.92. The minimum absolute atomic E-state index is 0.0242. The van der Waals surface area contributed by atoms with Crippen molar-refractivity contribution in [1.82, 2.24) is 10.0 Å². The maximum Gasteiger partial charge on any atom is 0.573 e. The third-order valence-electron chi connectivity index (χ3n) is 13.2. The molecule has 12 heteroatoms. The highest BCUT2D eigenvalue weighted by Gasteiger charge is 2.69. The second-order valence-corrected chi connectivity index (χ2v) is 17.1. The van der Waals surface area contributed by atoms with Crippen molar-refractivity contribution < 1.29 is 41.3 Å². The Kier molecular flexibility index (Phi) is 9.54. The van der Waals surface area contributed by atoms with Crippen molar-refractivity contribution in [2.24, 2.45) is 51.8 Å². The first-order chi connectivity index (χ1) is 21.4. The lowest BCUT2D eigenvalue weighted by Gasteiger charge is -2.69. The number of nitrogens with one attached hydrogen (secondary N) is 2. The standard InChI is InChI=1S/C34H51F3N2O6S/c1-6-24-26-18-21(40)12-15-32(26,4)28-13-16-31(3)25(10-11-27(31)33(28,5)29(24)41)20(2)14-17-38-30(42)39-46(43,44)23-9-7-8-22(19-23)45-34(35,36)37/h7-9,19-21,24-29,40-41H,6,10-18H2,1-5H3,(H2,38,39,42)/t20-,21-,24-,25-,26+,27-,28-,29-,31-,32+,33+/m1/s1. The topological polar surface area (TPSA) is 125 Å². The lowest BCUT2D eigenvalue weighted by molar-refractivity contribution is -0.274. The van der Waals surface area contributed by atoms with Gasteiger partial charge in [0.25, 0.3) is 10.0 Å². The number of carbonyl (C=O) groups is 1. The lowest BCUT2D eigenvalue weighted by Crippen LogP contribution is -2.67. The van der Waals surface area contributed by atoms with Gasteiger partial charge >= 0.3 is 12.4 Å². The first-order valence-corrected chi connectivity index (χ1v) is 18.4. The van der Waals surface area contributed by atoms with Gasteiger partial charge < -0.3 is 20.3 Å². The van der Waals surface area contributed by atoms with Gasteiger partial charge in [-0.15, -0.1) is 13.2 Å². The molecule has 5 rings (SSSR count). The van der Waals surface area contributed by atoms with E-state index in [1.165, 1.54) is 0 Å². The number of rotatable bonds is 8. The lowest BCUT2D eigenvalue weighted by atomic mass is 9.36. The Morgan fingerprint density at radius 3 is 2.41 bits per heavy atom. The number of fused-ring (bicyclic) bond motifs is 5. The minimum Gasteiger partial charge on any atom is -0.406 e. The van der Waals surface area contributed by atoms with E-state index in [4.69, 9.17) is 0 Å². The van der Waals surface area contributed by atoms with Crippen LogP contribution in [-0.4, -0.2) is 49.8 Å². The van der Waals surface area contributed by atoms with Crippen LogP contribution in [0.15, 0.2) is 29.2 Å². The number of hydrogen-bond donors (Lipinski definition) is 4. The summed E-state index contributed by atoms with van der Waals surface area (Å²) in [6.07, 6.45) is 2.66. The molecular formula is C34H51F3N2O6S. The molecule has 0 spiro atoms. The van der Waals surface area contributed by atoms with E-state index in [0.717, 1.165) is 69.6 Å². The molecule has 0 radical (unpaired) electrons. The van der Waals surface area contributed by atoms with Crippen molar-refractivity contribution in [2.45, 2.75) is 116 Å². The highest BCUT2D eigenvalue weighted by Crippen LogP contribution is 2.74. The second kappa shape index (κ2) is 12.4. The Bertz CT molecular complexity index is 1390. The smallest absolute Gasteiger partial charge is 0.406 e. The van der Waals surface area contributed by atoms with Gasteiger partial charge in [0.2, 0.25) is 0 Å². The summed E-state index contributed by atoms with van der Waals surface area (Å²) in [5.41, 5.74) is -0.0930. The summed E-state index contributed by atoms with van der Waals surface area (Å²) in [6.45, 7) is 11.8. The maximum absolute atomic E-state index is 12.7. The predicted molar refractivity (Wildman–Crippen MR) is 167 cm³/mol. The van der Waals surface area contributed by atoms with E-state index < -0.39 is 39.2 Å². The Morgan fingerprint density at radius 2 is 1.74 bits per heavy atom. The SMILES string of the molecule is CC[C@H]1[C@@H](O)[C@@]2(C)[C@@H]3CC[C@H]([C@H](C)CCNC(=O)NS(=O)(=O)c4cccc(OC(F)(F)F)c4)[C@@]3(C)CC[C@@H]2[C@@]2(C)CC[C@@H](O)C[C@@H]12. The van der Waals surface area contributed by atoms with Crippen LogP contribution in [0.3, 0.4) is 0 Å². The third kappa shape index (κ3) is 6.15. The van der Waals surface area contributed by atoms with E-state index in [0.29, 0.717) is 36.2 Å². The molecular weight excluding hydrogens is 621 g/mol. The highest BCUT2D eigenvalue weighted by atomic mass is 32.2. The highest BCUT2D eigenvalue weighted by molar-refractivity contribution is 7.90. The number of aliphatic hydroxyl groups excluding tert-OH is 2. The molecule has 0 aromatic heterocycles. The van der Waals surface area contributed by atoms with E-state index in [-0.39, 0.29) is 40.7 Å². The Morgan fingerprint density at radius 1 is 1.07 bits per heavy atom. The molecule has 0 bridgehead atoms. The average Bonchev–Trinajstić information content (AvgIpc) is 3.32. The maximum atomic E-state index is 12.7. The Balaban J connectivity index is 1.22. The molecule has 11 atom stereocenters. The van der Waals surface area contributed by atoms with Crippen LogP contribution < -0.4 is 14.8 Å². The fourth-order valence-corrected chi connectivity index (χ4v) is 12.3. The molecule has 4 N–H and O–H groups in total. The number of sulfonamides is 1. The van der Waals surface area contributed by atoms with Crippen LogP contribution in [0.2, 0.25) is 0 Å². The van der Waals surface area contributed by atoms with E-state index >= 15 is 0 Å². The predicted octanol–water partition coefficient (Wildman–Crippen LogP) is 6.62. The van der Waals surface area contributed by atoms with Gasteiger partial charge in [0.15, 0.2) is 0 Å². The van der Waals surface area contributed by atoms with Gasteiger partial charge in [0.1, 0.15) is 5.75 Å². The molecule has 4 saturated carbocycles. The summed E-state index contributed by atoms with van der Waals surface area (Å²) in [5.74, 6) is 1.17. The summed E-state index contributed by atoms with van der Waals surface area (Å²) in [5, 5.41) is 25.3. The number of carbonyl (C=O) groups excluding carboxylic acids is 1. The van der Waals surface area contributed by atoms with E-state index in [1.807, 2.05) is 4.72 Å². The minimum atomic E-state index is -4.98. The van der Waals surface area contributed by atoms with Crippen LogP contribution in [0.4, 0.5) is 18.0 Å². The van der Waals surface area contributed by atoms with Gasteiger partial charge in [-0.2, -0.15) is 0 Å². The van der Waals surface area contributed by atoms with Crippen molar-refractivity contribution in [3.8, 4) is 5.75 Å². The van der Waals surface area contributed by atoms with E-state index in [2.05, 4.69) is 44.7 Å². The normalized spacial score (nSPS) is 39.8. The van der Waals surface area contributed by atoms with Crippen molar-refractivity contribution in [3.63, 3.8) is 0 Å². The molecule has 2 amide bonds. The van der Waals surface area contributed by atoms with Gasteiger partial charge in [0.05, 0.1) is 17.1 Å². The van der Waals surface area contributed by atoms with E-state index in [1.54, 1.807) is 0 Å². The zero-order chi connectivity index (χ0) is 33.9. The van der Waals surface area contributed by atoms with Crippen molar-refractivity contribution in [3.05, 3.63) is 24.3 Å². The molecule has 46 heavy (non-hydrogen) atoms. The van der Waals surface area contributed by atoms with Crippen molar-refractivity contribution in [1.29, 1.82) is 0 Å². The largest absolute Gasteiger partial charge is 0.573 e. The van der Waals surface area contributed by atoms with Crippen LogP contribution in [0.5, 0.6) is 5.75 Å². The molecule has 4 fully saturated rings. The zero-order valence-electron chi connectivity index (χ0n) is 27.6. The molecule has 4 aliphatic rings. The van der Waals surface area contributed by atoms with Crippen molar-refractivity contribution >= 4 is 16.1 Å². The molecule has 0 unspecified atom stereocenters. The molecule has 4 aliphatic carbocycles. The van der Waals surface area contributed by atoms with Crippen LogP contribution in [0.1, 0.15) is 92.4 Å². The van der Waals surface area contributed by atoms with E-state index in [9.17, 15) is 36.6 Å². The number of ether oxygens (including phenoxy) is 1. The number of halogens is 3. The van der Waals surface area contributed by atoms with Crippen LogP contribution >= 0.6 is 0 Å². The molecule has 0 aliphatic heterocycles. The molecule has 0 heterocycles. The van der Waals surface area contributed by atoms with Crippen LogP contribution in [0, 0.1) is 51.8 Å². The second-order valence-electron chi connectivity index (χ2n) is 15.4. The number of amides is 2. The Labute approximate surface area is 271 Å². The molecule has 1 aromatic carbocycles. The Hall–Kier alpha value is -2.05. The monoisotopic (exact) mass is 672 g/mol. The van der Waals surface area contributed by atoms with Crippen LogP contribution in [-0.2, 0) is 10.0 Å². The third-order valence-corrected chi connectivity index (χ3v) is 14.6. The number of benzene rings is 1. The van der Waals surface area contributed by atoms with Gasteiger partial charge in [-0.25, -0.2) is 17.9 Å². The number of aliphatic hydroxyl groups is 2. The molecule has 260 valence electrons. The van der Waals surface area contributed by atoms with Crippen molar-refractivity contribution in [2.75, 3.05) is 6.54 Å². The first kappa shape index (κ1) is 35.3. The number of alkyl halides is 3. The molecule has 0 saturated heterocycles. The van der Waals surface area contributed by atoms with Gasteiger partial charge in [0, 0.05) is 18.0 Å². The fraction of sp³-hybridized carbons (Fsp3) is 0.794. The fourth-order valence-electron chi connectivity index (χ4n) is 11.3. The quantitative estimate of drug-likeness (QED) is 0.246. The summed E-state index contributed by atoms with van der Waals surface area (Å²) < 4.78 is 68.7. The van der Waals surface area contributed by atoms with Gasteiger partial charge in [-0.05, 0) is 110 Å². The molecule has 8 nitrogen and oxygen atoms in total. The molecule has 1 aromatic rings. The number of hydrogen-bond acceptors (Lipinski definition) is 6. The summed E-state index contributed by atoms with van der Waals surface area (Å²) in [7, 11) is -4.42.